The van der Waals surface area contributed by atoms with Crippen LogP contribution in [-0.2, 0) is 0 Å². The van der Waals surface area contributed by atoms with Crippen molar-refractivity contribution in [3.05, 3.63) is 35.6 Å². The van der Waals surface area contributed by atoms with Crippen LogP contribution in [0, 0.1) is 5.82 Å². The van der Waals surface area contributed by atoms with Gasteiger partial charge in [0, 0.05) is 18.2 Å². The summed E-state index contributed by atoms with van der Waals surface area (Å²) in [5, 5.41) is 0. The molecule has 1 aromatic rings. The number of carbonyl (C=O) groups is 1. The number of nitrogens with zero attached hydrogens (tertiary/aromatic N) is 1. The van der Waals surface area contributed by atoms with Gasteiger partial charge in [-0.25, -0.2) is 4.39 Å². The zero-order valence-electron chi connectivity index (χ0n) is 8.74. The minimum atomic E-state index is -0.354. The lowest BCUT2D eigenvalue weighted by atomic mass is 10.2. The molecule has 3 heteroatoms. The second-order valence-corrected chi connectivity index (χ2v) is 4.00. The van der Waals surface area contributed by atoms with E-state index in [0.717, 1.165) is 19.4 Å². The Kier molecular flexibility index (Phi) is 2.71. The number of hydrogen-bond acceptors (Lipinski definition) is 1. The van der Waals surface area contributed by atoms with Crippen molar-refractivity contribution in [1.29, 1.82) is 0 Å². The Morgan fingerprint density at radius 3 is 2.93 bits per heavy atom. The quantitative estimate of drug-likeness (QED) is 0.692. The van der Waals surface area contributed by atoms with E-state index in [2.05, 4.69) is 0 Å². The molecule has 1 unspecified atom stereocenters. The Morgan fingerprint density at radius 2 is 2.33 bits per heavy atom. The van der Waals surface area contributed by atoms with E-state index >= 15 is 0 Å². The normalized spacial score (nSPS) is 20.7. The number of benzene rings is 1. The molecular formula is C12H14FNO. The Labute approximate surface area is 88.7 Å². The van der Waals surface area contributed by atoms with Crippen LogP contribution in [0.5, 0.6) is 0 Å². The molecule has 0 aliphatic carbocycles. The van der Waals surface area contributed by atoms with Crippen molar-refractivity contribution >= 4 is 5.91 Å². The maximum Gasteiger partial charge on any atom is 0.254 e. The molecule has 1 aromatic carbocycles. The van der Waals surface area contributed by atoms with Gasteiger partial charge < -0.3 is 4.90 Å². The number of hydrogen-bond donors (Lipinski definition) is 0. The lowest BCUT2D eigenvalue weighted by Gasteiger charge is -2.21. The average Bonchev–Trinajstić information content (AvgIpc) is 2.63. The molecule has 15 heavy (non-hydrogen) atoms. The molecule has 1 aliphatic rings. The van der Waals surface area contributed by atoms with Crippen LogP contribution in [0.3, 0.4) is 0 Å². The highest BCUT2D eigenvalue weighted by Crippen LogP contribution is 2.19. The van der Waals surface area contributed by atoms with Crippen molar-refractivity contribution in [2.24, 2.45) is 0 Å². The second-order valence-electron chi connectivity index (χ2n) is 4.00. The first kappa shape index (κ1) is 10.1. The molecule has 1 amide bonds. The van der Waals surface area contributed by atoms with Gasteiger partial charge in [0.25, 0.3) is 5.91 Å². The molecule has 1 heterocycles. The minimum Gasteiger partial charge on any atom is -0.336 e. The Hall–Kier alpha value is -1.38. The van der Waals surface area contributed by atoms with Crippen LogP contribution in [0.2, 0.25) is 0 Å². The van der Waals surface area contributed by atoms with E-state index in [1.807, 2.05) is 11.8 Å². The number of amides is 1. The highest BCUT2D eigenvalue weighted by molar-refractivity contribution is 5.94. The van der Waals surface area contributed by atoms with Gasteiger partial charge in [-0.1, -0.05) is 6.07 Å². The van der Waals surface area contributed by atoms with E-state index in [9.17, 15) is 9.18 Å². The number of carbonyl (C=O) groups excluding carboxylic acids is 1. The predicted octanol–water partition coefficient (Wildman–Crippen LogP) is 2.45. The number of rotatable bonds is 1. The van der Waals surface area contributed by atoms with Crippen molar-refractivity contribution in [3.63, 3.8) is 0 Å². The van der Waals surface area contributed by atoms with Crippen LogP contribution in [0.4, 0.5) is 4.39 Å². The maximum atomic E-state index is 12.9. The van der Waals surface area contributed by atoms with Gasteiger partial charge in [0.1, 0.15) is 5.82 Å². The molecule has 1 aliphatic heterocycles. The Morgan fingerprint density at radius 1 is 1.53 bits per heavy atom. The lowest BCUT2D eigenvalue weighted by molar-refractivity contribution is 0.0747. The molecule has 1 atom stereocenters. The molecule has 0 radical (unpaired) electrons. The fourth-order valence-corrected chi connectivity index (χ4v) is 2.02. The molecule has 2 nitrogen and oxygen atoms in total. The standard InChI is InChI=1S/C12H14FNO/c1-9-4-3-7-14(9)12(15)10-5-2-6-11(13)8-10/h2,5-6,8-9H,3-4,7H2,1H3. The van der Waals surface area contributed by atoms with Crippen LogP contribution in [0.1, 0.15) is 30.1 Å². The van der Waals surface area contributed by atoms with Gasteiger partial charge in [-0.2, -0.15) is 0 Å². The first-order valence-corrected chi connectivity index (χ1v) is 5.25. The molecule has 0 bridgehead atoms. The summed E-state index contributed by atoms with van der Waals surface area (Å²) in [4.78, 5) is 13.8. The highest BCUT2D eigenvalue weighted by atomic mass is 19.1. The molecular weight excluding hydrogens is 193 g/mol. The van der Waals surface area contributed by atoms with Gasteiger partial charge >= 0.3 is 0 Å². The van der Waals surface area contributed by atoms with E-state index in [1.165, 1.54) is 12.1 Å². The SMILES string of the molecule is CC1CCCN1C(=O)c1cccc(F)c1. The van der Waals surface area contributed by atoms with Crippen LogP contribution in [0.15, 0.2) is 24.3 Å². The van der Waals surface area contributed by atoms with Gasteiger partial charge in [0.15, 0.2) is 0 Å². The first-order chi connectivity index (χ1) is 7.18. The van der Waals surface area contributed by atoms with E-state index in [-0.39, 0.29) is 17.8 Å². The third-order valence-electron chi connectivity index (χ3n) is 2.89. The molecule has 2 rings (SSSR count). The zero-order chi connectivity index (χ0) is 10.8. The van der Waals surface area contributed by atoms with E-state index < -0.39 is 0 Å². The van der Waals surface area contributed by atoms with Crippen molar-refractivity contribution in [2.45, 2.75) is 25.8 Å². The summed E-state index contributed by atoms with van der Waals surface area (Å²) in [6.07, 6.45) is 2.09. The van der Waals surface area contributed by atoms with Crippen LogP contribution >= 0.6 is 0 Å². The van der Waals surface area contributed by atoms with Gasteiger partial charge in [-0.05, 0) is 38.0 Å². The third-order valence-corrected chi connectivity index (χ3v) is 2.89. The largest absolute Gasteiger partial charge is 0.336 e. The third kappa shape index (κ3) is 2.01. The molecule has 1 saturated heterocycles. The molecule has 0 N–H and O–H groups in total. The summed E-state index contributed by atoms with van der Waals surface area (Å²) in [5.74, 6) is -0.410. The minimum absolute atomic E-state index is 0.0560. The summed E-state index contributed by atoms with van der Waals surface area (Å²) in [6, 6.07) is 6.16. The van der Waals surface area contributed by atoms with Gasteiger partial charge in [-0.3, -0.25) is 4.79 Å². The highest BCUT2D eigenvalue weighted by Gasteiger charge is 2.25. The smallest absolute Gasteiger partial charge is 0.254 e. The van der Waals surface area contributed by atoms with Gasteiger partial charge in [0.2, 0.25) is 0 Å². The predicted molar refractivity (Wildman–Crippen MR) is 56.1 cm³/mol. The topological polar surface area (TPSA) is 20.3 Å². The summed E-state index contributed by atoms with van der Waals surface area (Å²) in [6.45, 7) is 2.82. The van der Waals surface area contributed by atoms with Crippen molar-refractivity contribution in [3.8, 4) is 0 Å². The maximum absolute atomic E-state index is 12.9. The van der Waals surface area contributed by atoms with Crippen LogP contribution < -0.4 is 0 Å². The monoisotopic (exact) mass is 207 g/mol. The first-order valence-electron chi connectivity index (χ1n) is 5.25. The van der Waals surface area contributed by atoms with E-state index in [1.54, 1.807) is 12.1 Å². The van der Waals surface area contributed by atoms with Crippen molar-refractivity contribution < 1.29 is 9.18 Å². The van der Waals surface area contributed by atoms with Crippen LogP contribution in [0.25, 0.3) is 0 Å². The Balaban J connectivity index is 2.20. The molecule has 80 valence electrons. The second kappa shape index (κ2) is 4.01. The molecule has 0 saturated carbocycles. The fourth-order valence-electron chi connectivity index (χ4n) is 2.02. The molecule has 0 aromatic heterocycles. The average molecular weight is 207 g/mol. The van der Waals surface area contributed by atoms with E-state index in [4.69, 9.17) is 0 Å². The Bertz CT molecular complexity index is 378. The summed E-state index contributed by atoms with van der Waals surface area (Å²) in [7, 11) is 0. The van der Waals surface area contributed by atoms with Crippen LogP contribution in [-0.4, -0.2) is 23.4 Å². The fraction of sp³-hybridized carbons (Fsp3) is 0.417. The van der Waals surface area contributed by atoms with Crippen molar-refractivity contribution in [1.82, 2.24) is 4.90 Å². The van der Waals surface area contributed by atoms with Gasteiger partial charge in [-0.15, -0.1) is 0 Å². The van der Waals surface area contributed by atoms with E-state index in [0.29, 0.717) is 5.56 Å². The lowest BCUT2D eigenvalue weighted by Crippen LogP contribution is -2.33. The summed E-state index contributed by atoms with van der Waals surface area (Å²) < 4.78 is 12.9. The molecule has 0 spiro atoms. The van der Waals surface area contributed by atoms with Crippen molar-refractivity contribution in [2.75, 3.05) is 6.54 Å². The summed E-state index contributed by atoms with van der Waals surface area (Å²) >= 11 is 0. The summed E-state index contributed by atoms with van der Waals surface area (Å²) in [5.41, 5.74) is 0.448. The zero-order valence-corrected chi connectivity index (χ0v) is 8.74. The number of likely N-dealkylation sites (tertiary alicyclic amines) is 1. The van der Waals surface area contributed by atoms with Gasteiger partial charge in [0.05, 0.1) is 0 Å². The molecule has 1 fully saturated rings. The number of halogens is 1.